The Labute approximate surface area is 151 Å². The van der Waals surface area contributed by atoms with Gasteiger partial charge in [0.1, 0.15) is 5.76 Å². The van der Waals surface area contributed by atoms with Gasteiger partial charge in [-0.05, 0) is 43.2 Å². The molecule has 9 heteroatoms. The summed E-state index contributed by atoms with van der Waals surface area (Å²) in [6.45, 7) is -0.000881. The molecule has 1 aromatic heterocycles. The zero-order valence-electron chi connectivity index (χ0n) is 13.9. The van der Waals surface area contributed by atoms with E-state index in [0.29, 0.717) is 5.76 Å². The van der Waals surface area contributed by atoms with E-state index < -0.39 is 15.9 Å². The monoisotopic (exact) mass is 377 g/mol. The number of furan rings is 1. The molecular formula is C17H19N3O5S. The lowest BCUT2D eigenvalue weighted by molar-refractivity contribution is -0.120. The van der Waals surface area contributed by atoms with Gasteiger partial charge in [0.05, 0.1) is 24.2 Å². The molecule has 1 aliphatic rings. The Hall–Kier alpha value is -2.65. The van der Waals surface area contributed by atoms with Crippen molar-refractivity contribution in [3.05, 3.63) is 54.0 Å². The first-order valence-electron chi connectivity index (χ1n) is 8.14. The Kier molecular flexibility index (Phi) is 5.38. The lowest BCUT2D eigenvalue weighted by atomic mass is 10.2. The summed E-state index contributed by atoms with van der Waals surface area (Å²) in [4.78, 5) is 24.0. The van der Waals surface area contributed by atoms with E-state index in [-0.39, 0.29) is 35.5 Å². The van der Waals surface area contributed by atoms with E-state index in [0.717, 1.165) is 12.8 Å². The van der Waals surface area contributed by atoms with Gasteiger partial charge >= 0.3 is 0 Å². The first kappa shape index (κ1) is 18.2. The first-order chi connectivity index (χ1) is 12.4. The molecule has 0 bridgehead atoms. The van der Waals surface area contributed by atoms with Crippen LogP contribution in [0.4, 0.5) is 0 Å². The number of carbonyl (C=O) groups is 2. The smallest absolute Gasteiger partial charge is 0.251 e. The van der Waals surface area contributed by atoms with Gasteiger partial charge in [-0.1, -0.05) is 6.07 Å². The second-order valence-electron chi connectivity index (χ2n) is 5.96. The van der Waals surface area contributed by atoms with Crippen molar-refractivity contribution in [2.24, 2.45) is 0 Å². The molecule has 138 valence electrons. The SMILES string of the molecule is O=C(CNC(=O)c1cccc(S(=O)(=O)NC2CC2)c1)NCc1ccco1. The summed E-state index contributed by atoms with van der Waals surface area (Å²) in [6.07, 6.45) is 3.15. The number of hydrogen-bond acceptors (Lipinski definition) is 5. The standard InChI is InChI=1S/C17H19N3O5S/c21-16(18-10-14-4-2-8-25-14)11-19-17(22)12-3-1-5-15(9-12)26(23,24)20-13-6-7-13/h1-5,8-9,13,20H,6-7,10-11H2,(H,18,21)(H,19,22). The molecule has 2 aromatic rings. The van der Waals surface area contributed by atoms with E-state index in [1.807, 2.05) is 0 Å². The Morgan fingerprint density at radius 2 is 1.92 bits per heavy atom. The average Bonchev–Trinajstić information content (AvgIpc) is 3.27. The molecule has 0 radical (unpaired) electrons. The molecule has 0 unspecified atom stereocenters. The van der Waals surface area contributed by atoms with Gasteiger partial charge in [0.2, 0.25) is 15.9 Å². The zero-order valence-corrected chi connectivity index (χ0v) is 14.7. The Morgan fingerprint density at radius 1 is 1.12 bits per heavy atom. The van der Waals surface area contributed by atoms with Gasteiger partial charge in [0.15, 0.2) is 0 Å². The molecule has 0 saturated heterocycles. The van der Waals surface area contributed by atoms with Crippen LogP contribution in [-0.4, -0.2) is 32.8 Å². The molecule has 8 nitrogen and oxygen atoms in total. The molecule has 0 spiro atoms. The van der Waals surface area contributed by atoms with Crippen LogP contribution in [0.5, 0.6) is 0 Å². The number of carbonyl (C=O) groups excluding carboxylic acids is 2. The van der Waals surface area contributed by atoms with Gasteiger partial charge in [-0.2, -0.15) is 0 Å². The van der Waals surface area contributed by atoms with Crippen LogP contribution < -0.4 is 15.4 Å². The Balaban J connectivity index is 1.54. The van der Waals surface area contributed by atoms with E-state index in [1.165, 1.54) is 30.5 Å². The van der Waals surface area contributed by atoms with E-state index in [4.69, 9.17) is 4.42 Å². The summed E-state index contributed by atoms with van der Waals surface area (Å²) >= 11 is 0. The van der Waals surface area contributed by atoms with E-state index in [2.05, 4.69) is 15.4 Å². The van der Waals surface area contributed by atoms with Crippen LogP contribution in [-0.2, 0) is 21.4 Å². The fourth-order valence-electron chi connectivity index (χ4n) is 2.22. The topological polar surface area (TPSA) is 118 Å². The highest BCUT2D eigenvalue weighted by molar-refractivity contribution is 7.89. The Bertz CT molecular complexity index is 889. The summed E-state index contributed by atoms with van der Waals surface area (Å²) in [5.74, 6) is -0.304. The van der Waals surface area contributed by atoms with Gasteiger partial charge in [-0.15, -0.1) is 0 Å². The van der Waals surface area contributed by atoms with E-state index in [1.54, 1.807) is 12.1 Å². The molecular weight excluding hydrogens is 358 g/mol. The number of sulfonamides is 1. The highest BCUT2D eigenvalue weighted by Gasteiger charge is 2.28. The van der Waals surface area contributed by atoms with Gasteiger partial charge in [0.25, 0.3) is 5.91 Å². The van der Waals surface area contributed by atoms with Crippen LogP contribution in [0.25, 0.3) is 0 Å². The lowest BCUT2D eigenvalue weighted by Crippen LogP contribution is -2.36. The molecule has 0 atom stereocenters. The van der Waals surface area contributed by atoms with Crippen molar-refractivity contribution in [2.45, 2.75) is 30.3 Å². The van der Waals surface area contributed by atoms with Crippen molar-refractivity contribution in [2.75, 3.05) is 6.54 Å². The molecule has 3 N–H and O–H groups in total. The minimum Gasteiger partial charge on any atom is -0.467 e. The quantitative estimate of drug-likeness (QED) is 0.628. The maximum atomic E-state index is 12.2. The zero-order chi connectivity index (χ0) is 18.6. The van der Waals surface area contributed by atoms with Crippen molar-refractivity contribution >= 4 is 21.8 Å². The van der Waals surface area contributed by atoms with Crippen molar-refractivity contribution in [1.82, 2.24) is 15.4 Å². The molecule has 1 fully saturated rings. The van der Waals surface area contributed by atoms with Crippen LogP contribution in [0.15, 0.2) is 52.0 Å². The third kappa shape index (κ3) is 4.93. The number of nitrogens with one attached hydrogen (secondary N) is 3. The average molecular weight is 377 g/mol. The predicted molar refractivity (Wildman–Crippen MR) is 92.7 cm³/mol. The summed E-state index contributed by atoms with van der Waals surface area (Å²) in [5.41, 5.74) is 0.169. The molecule has 1 aromatic carbocycles. The van der Waals surface area contributed by atoms with Crippen molar-refractivity contribution < 1.29 is 22.4 Å². The predicted octanol–water partition coefficient (Wildman–Crippen LogP) is 0.767. The molecule has 1 aliphatic carbocycles. The summed E-state index contributed by atoms with van der Waals surface area (Å²) in [5, 5.41) is 5.07. The number of rotatable bonds is 8. The fourth-order valence-corrected chi connectivity index (χ4v) is 3.57. The van der Waals surface area contributed by atoms with Crippen molar-refractivity contribution in [3.63, 3.8) is 0 Å². The molecule has 3 rings (SSSR count). The van der Waals surface area contributed by atoms with Gasteiger partial charge < -0.3 is 15.1 Å². The van der Waals surface area contributed by atoms with Crippen LogP contribution in [0, 0.1) is 0 Å². The number of amides is 2. The summed E-state index contributed by atoms with van der Waals surface area (Å²) in [6, 6.07) is 9.12. The van der Waals surface area contributed by atoms with Gasteiger partial charge in [-0.25, -0.2) is 13.1 Å². The van der Waals surface area contributed by atoms with Crippen molar-refractivity contribution in [3.8, 4) is 0 Å². The van der Waals surface area contributed by atoms with Gasteiger partial charge in [-0.3, -0.25) is 9.59 Å². The molecule has 0 aliphatic heterocycles. The first-order valence-corrected chi connectivity index (χ1v) is 9.62. The second kappa shape index (κ2) is 7.71. The fraction of sp³-hybridized carbons (Fsp3) is 0.294. The molecule has 26 heavy (non-hydrogen) atoms. The minimum absolute atomic E-state index is 0.0182. The normalized spacial score (nSPS) is 14.0. The minimum atomic E-state index is -3.64. The summed E-state index contributed by atoms with van der Waals surface area (Å²) < 4.78 is 32.1. The van der Waals surface area contributed by atoms with Crippen LogP contribution in [0.2, 0.25) is 0 Å². The van der Waals surface area contributed by atoms with E-state index >= 15 is 0 Å². The molecule has 1 heterocycles. The lowest BCUT2D eigenvalue weighted by Gasteiger charge is -2.09. The maximum absolute atomic E-state index is 12.2. The summed E-state index contributed by atoms with van der Waals surface area (Å²) in [7, 11) is -3.64. The van der Waals surface area contributed by atoms with Crippen LogP contribution in [0.3, 0.4) is 0 Å². The third-order valence-electron chi connectivity index (χ3n) is 3.76. The van der Waals surface area contributed by atoms with Crippen LogP contribution in [0.1, 0.15) is 29.0 Å². The van der Waals surface area contributed by atoms with Crippen LogP contribution >= 0.6 is 0 Å². The highest BCUT2D eigenvalue weighted by Crippen LogP contribution is 2.22. The second-order valence-corrected chi connectivity index (χ2v) is 7.68. The largest absolute Gasteiger partial charge is 0.467 e. The third-order valence-corrected chi connectivity index (χ3v) is 5.27. The Morgan fingerprint density at radius 3 is 2.62 bits per heavy atom. The van der Waals surface area contributed by atoms with Gasteiger partial charge in [0, 0.05) is 11.6 Å². The van der Waals surface area contributed by atoms with E-state index in [9.17, 15) is 18.0 Å². The molecule has 2 amide bonds. The number of hydrogen-bond donors (Lipinski definition) is 3. The van der Waals surface area contributed by atoms with Crippen molar-refractivity contribution in [1.29, 1.82) is 0 Å². The number of benzene rings is 1. The maximum Gasteiger partial charge on any atom is 0.251 e. The molecule has 1 saturated carbocycles. The highest BCUT2D eigenvalue weighted by atomic mass is 32.2.